The van der Waals surface area contributed by atoms with E-state index in [1.54, 1.807) is 0 Å². The zero-order chi connectivity index (χ0) is 13.4. The Morgan fingerprint density at radius 2 is 1.88 bits per heavy atom. The van der Waals surface area contributed by atoms with Gasteiger partial charge in [0, 0.05) is 5.56 Å². The minimum atomic E-state index is -4.60. The Hall–Kier alpha value is -0.980. The van der Waals surface area contributed by atoms with E-state index in [1.165, 1.54) is 6.92 Å². The van der Waals surface area contributed by atoms with E-state index < -0.39 is 34.7 Å². The molecule has 96 valence electrons. The molecule has 0 unspecified atom stereocenters. The molecule has 1 aromatic carbocycles. The van der Waals surface area contributed by atoms with Crippen LogP contribution in [0.2, 0.25) is 5.02 Å². The van der Waals surface area contributed by atoms with Crippen molar-refractivity contribution in [3.05, 3.63) is 28.3 Å². The van der Waals surface area contributed by atoms with Gasteiger partial charge in [-0.1, -0.05) is 11.6 Å². The Kier molecular flexibility index (Phi) is 3.61. The zero-order valence-corrected chi connectivity index (χ0v) is 9.60. The fourth-order valence-corrected chi connectivity index (χ4v) is 1.50. The summed E-state index contributed by atoms with van der Waals surface area (Å²) in [6, 6.07) is 1.28. The lowest BCUT2D eigenvalue weighted by molar-refractivity contribution is -0.137. The summed E-state index contributed by atoms with van der Waals surface area (Å²) in [5, 5.41) is 18.1. The average molecular weight is 270 g/mol. The maximum absolute atomic E-state index is 12.5. The first-order valence-electron chi connectivity index (χ1n) is 4.59. The third-order valence-corrected chi connectivity index (χ3v) is 2.62. The van der Waals surface area contributed by atoms with Crippen LogP contribution in [-0.2, 0) is 11.7 Å². The van der Waals surface area contributed by atoms with Crippen molar-refractivity contribution in [3.8, 4) is 5.75 Å². The summed E-state index contributed by atoms with van der Waals surface area (Å²) < 4.78 is 37.6. The van der Waals surface area contributed by atoms with Gasteiger partial charge in [0.2, 0.25) is 0 Å². The zero-order valence-electron chi connectivity index (χ0n) is 8.85. The Bertz CT molecular complexity index is 432. The molecule has 0 saturated heterocycles. The monoisotopic (exact) mass is 269 g/mol. The number of phenolic OH excluding ortho intramolecular Hbond substituents is 1. The molecule has 0 saturated carbocycles. The minimum absolute atomic E-state index is 0.250. The second kappa shape index (κ2) is 4.36. The summed E-state index contributed by atoms with van der Waals surface area (Å²) in [6.45, 7) is 0.663. The normalized spacial score (nSPS) is 15.7. The van der Waals surface area contributed by atoms with Crippen molar-refractivity contribution in [1.82, 2.24) is 0 Å². The number of rotatable bonds is 2. The first-order valence-corrected chi connectivity index (χ1v) is 4.97. The van der Waals surface area contributed by atoms with Gasteiger partial charge in [0.25, 0.3) is 0 Å². The molecule has 1 aromatic rings. The second-order valence-electron chi connectivity index (χ2n) is 3.93. The van der Waals surface area contributed by atoms with Gasteiger partial charge in [-0.3, -0.25) is 0 Å². The number of nitrogens with two attached hydrogens (primary N) is 1. The standard InChI is InChI=1S/C10H11ClF3NO2/c1-9(15,4-16)6-2-5(10(12,13)14)3-7(11)8(6)17/h2-3,16-17H,4,15H2,1H3/t9-/m0/s1. The highest BCUT2D eigenvalue weighted by atomic mass is 35.5. The van der Waals surface area contributed by atoms with Crippen LogP contribution in [0.5, 0.6) is 5.75 Å². The molecule has 0 aliphatic carbocycles. The molecule has 1 atom stereocenters. The molecule has 17 heavy (non-hydrogen) atoms. The SMILES string of the molecule is C[C@](N)(CO)c1cc(C(F)(F)F)cc(Cl)c1O. The largest absolute Gasteiger partial charge is 0.506 e. The number of aliphatic hydroxyl groups excluding tert-OH is 1. The number of hydrogen-bond acceptors (Lipinski definition) is 3. The van der Waals surface area contributed by atoms with Crippen LogP contribution in [0, 0.1) is 0 Å². The molecule has 0 bridgehead atoms. The molecular formula is C10H11ClF3NO2. The van der Waals surface area contributed by atoms with Crippen molar-refractivity contribution in [1.29, 1.82) is 0 Å². The molecule has 0 aromatic heterocycles. The molecule has 0 amide bonds. The van der Waals surface area contributed by atoms with Gasteiger partial charge in [0.1, 0.15) is 5.75 Å². The van der Waals surface area contributed by atoms with E-state index in [4.69, 9.17) is 22.4 Å². The van der Waals surface area contributed by atoms with Crippen molar-refractivity contribution in [2.75, 3.05) is 6.61 Å². The Balaban J connectivity index is 3.46. The molecule has 7 heteroatoms. The van der Waals surface area contributed by atoms with Gasteiger partial charge in [-0.15, -0.1) is 0 Å². The van der Waals surface area contributed by atoms with E-state index in [0.717, 1.165) is 0 Å². The molecule has 1 rings (SSSR count). The topological polar surface area (TPSA) is 66.5 Å². The molecule has 4 N–H and O–H groups in total. The number of phenols is 1. The van der Waals surface area contributed by atoms with Crippen LogP contribution in [0.3, 0.4) is 0 Å². The molecule has 0 radical (unpaired) electrons. The van der Waals surface area contributed by atoms with Crippen molar-refractivity contribution >= 4 is 11.6 Å². The average Bonchev–Trinajstić information content (AvgIpc) is 2.20. The minimum Gasteiger partial charge on any atom is -0.506 e. The van der Waals surface area contributed by atoms with Crippen molar-refractivity contribution in [3.63, 3.8) is 0 Å². The lowest BCUT2D eigenvalue weighted by Crippen LogP contribution is -2.37. The number of aromatic hydroxyl groups is 1. The lowest BCUT2D eigenvalue weighted by Gasteiger charge is -2.25. The first-order chi connectivity index (χ1) is 7.59. The number of alkyl halides is 3. The van der Waals surface area contributed by atoms with Gasteiger partial charge in [-0.2, -0.15) is 13.2 Å². The number of benzene rings is 1. The molecule has 0 fully saturated rings. The summed E-state index contributed by atoms with van der Waals surface area (Å²) in [5.41, 5.74) is 2.80. The van der Waals surface area contributed by atoms with Gasteiger partial charge in [-0.25, -0.2) is 0 Å². The van der Waals surface area contributed by atoms with Crippen LogP contribution in [0.25, 0.3) is 0 Å². The Morgan fingerprint density at radius 1 is 1.35 bits per heavy atom. The van der Waals surface area contributed by atoms with Crippen molar-refractivity contribution in [2.45, 2.75) is 18.6 Å². The molecule has 0 aliphatic rings. The van der Waals surface area contributed by atoms with Crippen LogP contribution >= 0.6 is 11.6 Å². The maximum atomic E-state index is 12.5. The van der Waals surface area contributed by atoms with Crippen LogP contribution < -0.4 is 5.73 Å². The molecule has 0 aliphatic heterocycles. The van der Waals surface area contributed by atoms with Crippen molar-refractivity contribution < 1.29 is 23.4 Å². The predicted molar refractivity (Wildman–Crippen MR) is 56.7 cm³/mol. The third-order valence-electron chi connectivity index (χ3n) is 2.33. The number of halogens is 4. The summed E-state index contributed by atoms with van der Waals surface area (Å²) in [4.78, 5) is 0. The van der Waals surface area contributed by atoms with E-state index in [9.17, 15) is 18.3 Å². The van der Waals surface area contributed by atoms with E-state index in [1.807, 2.05) is 0 Å². The van der Waals surface area contributed by atoms with Crippen LogP contribution in [-0.4, -0.2) is 16.8 Å². The summed E-state index contributed by atoms with van der Waals surface area (Å²) in [6.07, 6.45) is -4.60. The molecule has 3 nitrogen and oxygen atoms in total. The highest BCUT2D eigenvalue weighted by molar-refractivity contribution is 6.32. The Labute approximate surface area is 101 Å². The fourth-order valence-electron chi connectivity index (χ4n) is 1.28. The summed E-state index contributed by atoms with van der Waals surface area (Å²) in [7, 11) is 0. The highest BCUT2D eigenvalue weighted by Gasteiger charge is 2.35. The van der Waals surface area contributed by atoms with Gasteiger partial charge in [0.05, 0.1) is 22.7 Å². The quantitative estimate of drug-likeness (QED) is 0.771. The molecule has 0 heterocycles. The van der Waals surface area contributed by atoms with E-state index >= 15 is 0 Å². The van der Waals surface area contributed by atoms with Crippen molar-refractivity contribution in [2.24, 2.45) is 5.73 Å². The van der Waals surface area contributed by atoms with Crippen LogP contribution in [0.1, 0.15) is 18.1 Å². The summed E-state index contributed by atoms with van der Waals surface area (Å²) in [5.74, 6) is -0.557. The maximum Gasteiger partial charge on any atom is 0.416 e. The van der Waals surface area contributed by atoms with Gasteiger partial charge < -0.3 is 15.9 Å². The second-order valence-corrected chi connectivity index (χ2v) is 4.33. The first kappa shape index (κ1) is 14.1. The number of aliphatic hydroxyl groups is 1. The van der Waals surface area contributed by atoms with Gasteiger partial charge in [0.15, 0.2) is 0 Å². The molecule has 0 spiro atoms. The van der Waals surface area contributed by atoms with Gasteiger partial charge >= 0.3 is 6.18 Å². The van der Waals surface area contributed by atoms with Gasteiger partial charge in [-0.05, 0) is 19.1 Å². The summed E-state index contributed by atoms with van der Waals surface area (Å²) >= 11 is 5.50. The predicted octanol–water partition coefficient (Wildman–Crippen LogP) is 2.23. The van der Waals surface area contributed by atoms with E-state index in [0.29, 0.717) is 12.1 Å². The Morgan fingerprint density at radius 3 is 2.29 bits per heavy atom. The number of hydrogen-bond donors (Lipinski definition) is 3. The van der Waals surface area contributed by atoms with E-state index in [-0.39, 0.29) is 5.56 Å². The molecular weight excluding hydrogens is 259 g/mol. The van der Waals surface area contributed by atoms with E-state index in [2.05, 4.69) is 0 Å². The van der Waals surface area contributed by atoms with Crippen LogP contribution in [0.15, 0.2) is 12.1 Å². The lowest BCUT2D eigenvalue weighted by atomic mass is 9.91. The highest BCUT2D eigenvalue weighted by Crippen LogP contribution is 2.39. The fraction of sp³-hybridized carbons (Fsp3) is 0.400. The smallest absolute Gasteiger partial charge is 0.416 e. The third kappa shape index (κ3) is 2.83. The van der Waals surface area contributed by atoms with Crippen LogP contribution in [0.4, 0.5) is 13.2 Å².